The number of hydrogen-bond acceptors (Lipinski definition) is 3. The Bertz CT molecular complexity index is 507. The van der Waals surface area contributed by atoms with Gasteiger partial charge in [0.15, 0.2) is 0 Å². The summed E-state index contributed by atoms with van der Waals surface area (Å²) in [5.74, 6) is -0.323. The Labute approximate surface area is 94.8 Å². The molecule has 1 N–H and O–H groups in total. The van der Waals surface area contributed by atoms with Gasteiger partial charge in [-0.1, -0.05) is 0 Å². The first kappa shape index (κ1) is 10.2. The number of nitrogens with zero attached hydrogens (tertiary/aromatic N) is 1. The molecule has 0 spiro atoms. The highest BCUT2D eigenvalue weighted by Crippen LogP contribution is 2.26. The van der Waals surface area contributed by atoms with E-state index in [1.54, 1.807) is 25.5 Å². The van der Waals surface area contributed by atoms with Crippen LogP contribution in [0.4, 0.5) is 0 Å². The van der Waals surface area contributed by atoms with E-state index < -0.39 is 0 Å². The van der Waals surface area contributed by atoms with Crippen LogP contribution in [0.5, 0.6) is 0 Å². The van der Waals surface area contributed by atoms with Crippen molar-refractivity contribution in [3.8, 4) is 0 Å². The number of hydrogen-bond donors (Lipinski definition) is 1. The van der Waals surface area contributed by atoms with Gasteiger partial charge in [-0.05, 0) is 22.9 Å². The first-order chi connectivity index (χ1) is 7.24. The van der Waals surface area contributed by atoms with Gasteiger partial charge in [0.25, 0.3) is 0 Å². The SMILES string of the molecule is CCOC(=O)c1c[nH]c2cncc(Br)c12. The van der Waals surface area contributed by atoms with Crippen molar-refractivity contribution in [1.29, 1.82) is 0 Å². The van der Waals surface area contributed by atoms with Crippen LogP contribution in [0.1, 0.15) is 17.3 Å². The summed E-state index contributed by atoms with van der Waals surface area (Å²) in [4.78, 5) is 18.6. The number of ether oxygens (including phenoxy) is 1. The minimum absolute atomic E-state index is 0.323. The predicted molar refractivity (Wildman–Crippen MR) is 59.8 cm³/mol. The largest absolute Gasteiger partial charge is 0.462 e. The van der Waals surface area contributed by atoms with E-state index in [0.717, 1.165) is 15.4 Å². The molecule has 2 heterocycles. The van der Waals surface area contributed by atoms with E-state index >= 15 is 0 Å². The number of aromatic amines is 1. The lowest BCUT2D eigenvalue weighted by Gasteiger charge is -2.00. The number of fused-ring (bicyclic) bond motifs is 1. The van der Waals surface area contributed by atoms with Crippen molar-refractivity contribution in [3.05, 3.63) is 28.6 Å². The monoisotopic (exact) mass is 268 g/mol. The molecule has 2 rings (SSSR count). The molecule has 5 heteroatoms. The summed E-state index contributed by atoms with van der Waals surface area (Å²) in [6.07, 6.45) is 4.96. The zero-order valence-corrected chi connectivity index (χ0v) is 9.67. The van der Waals surface area contributed by atoms with Gasteiger partial charge < -0.3 is 9.72 Å². The lowest BCUT2D eigenvalue weighted by Crippen LogP contribution is -2.03. The third kappa shape index (κ3) is 1.74. The molecule has 0 radical (unpaired) electrons. The number of nitrogens with one attached hydrogen (secondary N) is 1. The molecule has 78 valence electrons. The summed E-state index contributed by atoms with van der Waals surface area (Å²) in [7, 11) is 0. The van der Waals surface area contributed by atoms with Crippen LogP contribution in [0, 0.1) is 0 Å². The summed E-state index contributed by atoms with van der Waals surface area (Å²) < 4.78 is 5.73. The number of H-pyrrole nitrogens is 1. The van der Waals surface area contributed by atoms with Gasteiger partial charge in [0, 0.05) is 22.3 Å². The van der Waals surface area contributed by atoms with Gasteiger partial charge in [-0.2, -0.15) is 0 Å². The van der Waals surface area contributed by atoms with Gasteiger partial charge in [0.2, 0.25) is 0 Å². The van der Waals surface area contributed by atoms with Crippen LogP contribution in [-0.2, 0) is 4.74 Å². The molecule has 2 aromatic heterocycles. The number of halogens is 1. The number of carbonyl (C=O) groups is 1. The van der Waals surface area contributed by atoms with E-state index in [9.17, 15) is 4.79 Å². The molecule has 0 fully saturated rings. The number of pyridine rings is 1. The van der Waals surface area contributed by atoms with Crippen LogP contribution in [0.15, 0.2) is 23.1 Å². The second-order valence-electron chi connectivity index (χ2n) is 2.97. The van der Waals surface area contributed by atoms with Crippen LogP contribution in [0.25, 0.3) is 10.9 Å². The van der Waals surface area contributed by atoms with Crippen molar-refractivity contribution in [1.82, 2.24) is 9.97 Å². The molecular formula is C10H9BrN2O2. The lowest BCUT2D eigenvalue weighted by molar-refractivity contribution is 0.0528. The highest BCUT2D eigenvalue weighted by molar-refractivity contribution is 9.10. The topological polar surface area (TPSA) is 55.0 Å². The molecule has 0 unspecified atom stereocenters. The third-order valence-electron chi connectivity index (χ3n) is 2.04. The molecule has 2 aromatic rings. The second kappa shape index (κ2) is 4.02. The van der Waals surface area contributed by atoms with E-state index in [0.29, 0.717) is 12.2 Å². The summed E-state index contributed by atoms with van der Waals surface area (Å²) in [5.41, 5.74) is 1.34. The van der Waals surface area contributed by atoms with E-state index in [2.05, 4.69) is 25.9 Å². The van der Waals surface area contributed by atoms with Crippen molar-refractivity contribution in [2.75, 3.05) is 6.61 Å². The average Bonchev–Trinajstić information content (AvgIpc) is 2.63. The van der Waals surface area contributed by atoms with E-state index in [4.69, 9.17) is 4.74 Å². The van der Waals surface area contributed by atoms with Crippen molar-refractivity contribution in [2.24, 2.45) is 0 Å². The summed E-state index contributed by atoms with van der Waals surface area (Å²) in [6.45, 7) is 2.15. The highest BCUT2D eigenvalue weighted by Gasteiger charge is 2.14. The molecule has 0 aliphatic heterocycles. The van der Waals surface area contributed by atoms with Crippen LogP contribution >= 0.6 is 15.9 Å². The number of esters is 1. The minimum Gasteiger partial charge on any atom is -0.462 e. The van der Waals surface area contributed by atoms with Gasteiger partial charge in [-0.3, -0.25) is 4.98 Å². The zero-order chi connectivity index (χ0) is 10.8. The lowest BCUT2D eigenvalue weighted by atomic mass is 10.2. The Hall–Kier alpha value is -1.36. The fourth-order valence-electron chi connectivity index (χ4n) is 1.41. The molecule has 0 aromatic carbocycles. The molecule has 0 atom stereocenters. The third-order valence-corrected chi connectivity index (χ3v) is 2.64. The van der Waals surface area contributed by atoms with Crippen molar-refractivity contribution >= 4 is 32.8 Å². The second-order valence-corrected chi connectivity index (χ2v) is 3.82. The molecule has 0 amide bonds. The Balaban J connectivity index is 2.57. The molecular weight excluding hydrogens is 260 g/mol. The predicted octanol–water partition coefficient (Wildman–Crippen LogP) is 2.50. The van der Waals surface area contributed by atoms with Crippen molar-refractivity contribution in [2.45, 2.75) is 6.92 Å². The van der Waals surface area contributed by atoms with Gasteiger partial charge >= 0.3 is 5.97 Å². The van der Waals surface area contributed by atoms with E-state index in [1.807, 2.05) is 0 Å². The Morgan fingerprint density at radius 1 is 1.60 bits per heavy atom. The highest BCUT2D eigenvalue weighted by atomic mass is 79.9. The normalized spacial score (nSPS) is 10.5. The van der Waals surface area contributed by atoms with Crippen molar-refractivity contribution in [3.63, 3.8) is 0 Å². The fourth-order valence-corrected chi connectivity index (χ4v) is 1.96. The summed E-state index contributed by atoms with van der Waals surface area (Å²) in [5, 5.41) is 0.809. The first-order valence-electron chi connectivity index (χ1n) is 4.51. The van der Waals surface area contributed by atoms with Crippen LogP contribution < -0.4 is 0 Å². The van der Waals surface area contributed by atoms with Crippen molar-refractivity contribution < 1.29 is 9.53 Å². The molecule has 0 aliphatic rings. The van der Waals surface area contributed by atoms with Crippen LogP contribution in [0.2, 0.25) is 0 Å². The van der Waals surface area contributed by atoms with Gasteiger partial charge in [-0.25, -0.2) is 4.79 Å². The fraction of sp³-hybridized carbons (Fsp3) is 0.200. The average molecular weight is 269 g/mol. The first-order valence-corrected chi connectivity index (χ1v) is 5.31. The molecule has 15 heavy (non-hydrogen) atoms. The molecule has 0 bridgehead atoms. The molecule has 0 saturated heterocycles. The number of rotatable bonds is 2. The van der Waals surface area contributed by atoms with Gasteiger partial charge in [0.05, 0.1) is 23.9 Å². The maximum absolute atomic E-state index is 11.6. The summed E-state index contributed by atoms with van der Waals surface area (Å²) >= 11 is 3.36. The van der Waals surface area contributed by atoms with Gasteiger partial charge in [0.1, 0.15) is 0 Å². The summed E-state index contributed by atoms with van der Waals surface area (Å²) in [6, 6.07) is 0. The Morgan fingerprint density at radius 2 is 2.40 bits per heavy atom. The molecule has 0 aliphatic carbocycles. The number of carbonyl (C=O) groups excluding carboxylic acids is 1. The standard InChI is InChI=1S/C10H9BrN2O2/c1-2-15-10(14)6-3-13-8-5-12-4-7(11)9(6)8/h3-5,13H,2H2,1H3. The number of aromatic nitrogens is 2. The maximum atomic E-state index is 11.6. The molecule has 0 saturated carbocycles. The Morgan fingerprint density at radius 3 is 3.13 bits per heavy atom. The van der Waals surface area contributed by atoms with E-state index in [-0.39, 0.29) is 5.97 Å². The van der Waals surface area contributed by atoms with E-state index in [1.165, 1.54) is 0 Å². The Kier molecular flexibility index (Phi) is 2.73. The zero-order valence-electron chi connectivity index (χ0n) is 8.08. The van der Waals surface area contributed by atoms with Crippen LogP contribution in [-0.4, -0.2) is 22.5 Å². The smallest absolute Gasteiger partial charge is 0.340 e. The molecule has 4 nitrogen and oxygen atoms in total. The van der Waals surface area contributed by atoms with Gasteiger partial charge in [-0.15, -0.1) is 0 Å². The van der Waals surface area contributed by atoms with Crippen LogP contribution in [0.3, 0.4) is 0 Å². The minimum atomic E-state index is -0.323. The quantitative estimate of drug-likeness (QED) is 0.852. The maximum Gasteiger partial charge on any atom is 0.340 e.